The molecule has 0 radical (unpaired) electrons. The molecule has 2 aliphatic carbocycles. The van der Waals surface area contributed by atoms with Crippen LogP contribution in [0.4, 0.5) is 5.69 Å². The maximum atomic E-state index is 12.8. The van der Waals surface area contributed by atoms with Gasteiger partial charge in [0, 0.05) is 18.2 Å². The van der Waals surface area contributed by atoms with E-state index in [9.17, 15) is 9.59 Å². The van der Waals surface area contributed by atoms with Gasteiger partial charge in [-0.3, -0.25) is 9.59 Å². The van der Waals surface area contributed by atoms with E-state index in [1.807, 2.05) is 31.2 Å². The molecule has 3 rings (SSSR count). The van der Waals surface area contributed by atoms with E-state index in [1.165, 1.54) is 6.42 Å². The number of hydrogen-bond donors (Lipinski definition) is 1. The molecule has 0 heterocycles. The molecule has 0 saturated heterocycles. The zero-order valence-electron chi connectivity index (χ0n) is 12.3. The highest BCUT2D eigenvalue weighted by molar-refractivity contribution is 5.97. The zero-order chi connectivity index (χ0) is 15.0. The van der Waals surface area contributed by atoms with E-state index < -0.39 is 5.97 Å². The Balaban J connectivity index is 1.76. The summed E-state index contributed by atoms with van der Waals surface area (Å²) in [6, 6.07) is 7.74. The lowest BCUT2D eigenvalue weighted by atomic mass is 10.1. The molecule has 2 atom stereocenters. The molecule has 2 aliphatic rings. The van der Waals surface area contributed by atoms with Crippen LogP contribution in [-0.2, 0) is 9.59 Å². The summed E-state index contributed by atoms with van der Waals surface area (Å²) in [4.78, 5) is 25.3. The van der Waals surface area contributed by atoms with Crippen molar-refractivity contribution in [1.29, 1.82) is 0 Å². The average molecular weight is 287 g/mol. The van der Waals surface area contributed by atoms with Gasteiger partial charge in [0.25, 0.3) is 0 Å². The van der Waals surface area contributed by atoms with Crippen molar-refractivity contribution >= 4 is 17.6 Å². The number of carbonyl (C=O) groups is 2. The highest BCUT2D eigenvalue weighted by atomic mass is 16.4. The van der Waals surface area contributed by atoms with Gasteiger partial charge in [-0.1, -0.05) is 24.1 Å². The molecule has 1 aromatic rings. The molecule has 4 nitrogen and oxygen atoms in total. The van der Waals surface area contributed by atoms with Crippen molar-refractivity contribution in [2.75, 3.05) is 11.4 Å². The van der Waals surface area contributed by atoms with E-state index in [0.29, 0.717) is 11.8 Å². The van der Waals surface area contributed by atoms with E-state index >= 15 is 0 Å². The van der Waals surface area contributed by atoms with Gasteiger partial charge in [-0.25, -0.2) is 0 Å². The first-order chi connectivity index (χ1) is 10.1. The standard InChI is InChI=1S/C17H21NO3/c1-11-5-7-12(8-6-11)18(10-9-15(19)20)17(21)16-13-3-2-4-14(13)16/h5-8,13-14,16H,2-4,9-10H2,1H3,(H,19,20). The molecule has 112 valence electrons. The quantitative estimate of drug-likeness (QED) is 0.906. The van der Waals surface area contributed by atoms with E-state index in [0.717, 1.165) is 24.1 Å². The third-order valence-corrected chi connectivity index (χ3v) is 4.85. The summed E-state index contributed by atoms with van der Waals surface area (Å²) in [5.74, 6) is 0.491. The Labute approximate surface area is 124 Å². The maximum absolute atomic E-state index is 12.8. The van der Waals surface area contributed by atoms with E-state index in [-0.39, 0.29) is 24.8 Å². The summed E-state index contributed by atoms with van der Waals surface area (Å²) in [5.41, 5.74) is 1.95. The highest BCUT2D eigenvalue weighted by Gasteiger charge is 2.57. The Bertz CT molecular complexity index is 542. The van der Waals surface area contributed by atoms with Crippen molar-refractivity contribution in [1.82, 2.24) is 0 Å². The Morgan fingerprint density at radius 1 is 1.19 bits per heavy atom. The third-order valence-electron chi connectivity index (χ3n) is 4.85. The average Bonchev–Trinajstić information content (AvgIpc) is 2.93. The van der Waals surface area contributed by atoms with Gasteiger partial charge in [-0.15, -0.1) is 0 Å². The number of aliphatic carboxylic acids is 1. The molecular weight excluding hydrogens is 266 g/mol. The predicted octanol–water partition coefficient (Wildman–Crippen LogP) is 2.85. The van der Waals surface area contributed by atoms with Gasteiger partial charge < -0.3 is 10.0 Å². The lowest BCUT2D eigenvalue weighted by Crippen LogP contribution is -2.35. The topological polar surface area (TPSA) is 57.6 Å². The third kappa shape index (κ3) is 2.80. The normalized spacial score (nSPS) is 26.2. The maximum Gasteiger partial charge on any atom is 0.305 e. The summed E-state index contributed by atoms with van der Waals surface area (Å²) >= 11 is 0. The minimum Gasteiger partial charge on any atom is -0.481 e. The number of anilines is 1. The smallest absolute Gasteiger partial charge is 0.305 e. The van der Waals surface area contributed by atoms with Crippen LogP contribution in [0.15, 0.2) is 24.3 Å². The van der Waals surface area contributed by atoms with E-state index in [2.05, 4.69) is 0 Å². The molecule has 2 fully saturated rings. The fraction of sp³-hybridized carbons (Fsp3) is 0.529. The van der Waals surface area contributed by atoms with Crippen LogP contribution < -0.4 is 4.90 Å². The van der Waals surface area contributed by atoms with Gasteiger partial charge in [0.15, 0.2) is 0 Å². The lowest BCUT2D eigenvalue weighted by molar-refractivity contribution is -0.136. The molecule has 0 aromatic heterocycles. The number of carboxylic acid groups (broad SMARTS) is 1. The van der Waals surface area contributed by atoms with Crippen LogP contribution in [0, 0.1) is 24.7 Å². The van der Waals surface area contributed by atoms with Crippen LogP contribution in [0.5, 0.6) is 0 Å². The number of carboxylic acids is 1. The zero-order valence-corrected chi connectivity index (χ0v) is 12.3. The second-order valence-electron chi connectivity index (χ2n) is 6.25. The number of rotatable bonds is 5. The van der Waals surface area contributed by atoms with Crippen LogP contribution in [-0.4, -0.2) is 23.5 Å². The minimum absolute atomic E-state index is 0.0122. The summed E-state index contributed by atoms with van der Waals surface area (Å²) < 4.78 is 0. The lowest BCUT2D eigenvalue weighted by Gasteiger charge is -2.23. The number of aryl methyl sites for hydroxylation is 1. The van der Waals surface area contributed by atoms with Gasteiger partial charge >= 0.3 is 5.97 Å². The predicted molar refractivity (Wildman–Crippen MR) is 80.1 cm³/mol. The summed E-state index contributed by atoms with van der Waals surface area (Å²) in [5, 5.41) is 8.91. The second-order valence-corrected chi connectivity index (χ2v) is 6.25. The largest absolute Gasteiger partial charge is 0.481 e. The second kappa shape index (κ2) is 5.51. The Kier molecular flexibility index (Phi) is 3.70. The molecule has 2 unspecified atom stereocenters. The van der Waals surface area contributed by atoms with Crippen molar-refractivity contribution in [3.8, 4) is 0 Å². The van der Waals surface area contributed by atoms with Crippen molar-refractivity contribution in [2.24, 2.45) is 17.8 Å². The molecular formula is C17H21NO3. The first-order valence-corrected chi connectivity index (χ1v) is 7.68. The van der Waals surface area contributed by atoms with Gasteiger partial charge in [-0.05, 0) is 43.7 Å². The number of nitrogens with zero attached hydrogens (tertiary/aromatic N) is 1. The van der Waals surface area contributed by atoms with Crippen molar-refractivity contribution in [3.05, 3.63) is 29.8 Å². The Morgan fingerprint density at radius 2 is 1.81 bits per heavy atom. The molecule has 21 heavy (non-hydrogen) atoms. The van der Waals surface area contributed by atoms with Gasteiger partial charge in [0.2, 0.25) is 5.91 Å². The number of hydrogen-bond acceptors (Lipinski definition) is 2. The molecule has 0 bridgehead atoms. The highest BCUT2D eigenvalue weighted by Crippen LogP contribution is 2.58. The van der Waals surface area contributed by atoms with Crippen molar-refractivity contribution < 1.29 is 14.7 Å². The molecule has 1 N–H and O–H groups in total. The van der Waals surface area contributed by atoms with Crippen LogP contribution in [0.3, 0.4) is 0 Å². The first-order valence-electron chi connectivity index (χ1n) is 7.68. The SMILES string of the molecule is Cc1ccc(N(CCC(=O)O)C(=O)C2C3CCCC32)cc1. The van der Waals surface area contributed by atoms with Crippen LogP contribution in [0.1, 0.15) is 31.2 Å². The van der Waals surface area contributed by atoms with Gasteiger partial charge in [0.05, 0.1) is 6.42 Å². The van der Waals surface area contributed by atoms with Gasteiger partial charge in [0.1, 0.15) is 0 Å². The Hall–Kier alpha value is -1.84. The number of amides is 1. The molecule has 0 spiro atoms. The fourth-order valence-electron chi connectivity index (χ4n) is 3.67. The summed E-state index contributed by atoms with van der Waals surface area (Å²) in [6.07, 6.45) is 3.53. The molecule has 1 amide bonds. The minimum atomic E-state index is -0.865. The summed E-state index contributed by atoms with van der Waals surface area (Å²) in [6.45, 7) is 2.26. The van der Waals surface area contributed by atoms with E-state index in [1.54, 1.807) is 4.90 Å². The Morgan fingerprint density at radius 3 is 2.38 bits per heavy atom. The number of fused-ring (bicyclic) bond motifs is 1. The monoisotopic (exact) mass is 287 g/mol. The molecule has 2 saturated carbocycles. The van der Waals surface area contributed by atoms with Crippen molar-refractivity contribution in [2.45, 2.75) is 32.6 Å². The van der Waals surface area contributed by atoms with Crippen LogP contribution in [0.25, 0.3) is 0 Å². The van der Waals surface area contributed by atoms with Crippen molar-refractivity contribution in [3.63, 3.8) is 0 Å². The van der Waals surface area contributed by atoms with Gasteiger partial charge in [-0.2, -0.15) is 0 Å². The first kappa shape index (κ1) is 14.1. The molecule has 0 aliphatic heterocycles. The van der Waals surface area contributed by atoms with Crippen LogP contribution in [0.2, 0.25) is 0 Å². The molecule has 4 heteroatoms. The molecule has 1 aromatic carbocycles. The van der Waals surface area contributed by atoms with E-state index in [4.69, 9.17) is 5.11 Å². The fourth-order valence-corrected chi connectivity index (χ4v) is 3.67. The number of benzene rings is 1. The number of carbonyl (C=O) groups excluding carboxylic acids is 1. The summed E-state index contributed by atoms with van der Waals surface area (Å²) in [7, 11) is 0. The van der Waals surface area contributed by atoms with Crippen LogP contribution >= 0.6 is 0 Å².